The number of fused-ring (bicyclic) bond motifs is 2. The van der Waals surface area contributed by atoms with Gasteiger partial charge in [-0.3, -0.25) is 4.79 Å². The third kappa shape index (κ3) is 2.08. The van der Waals surface area contributed by atoms with Crippen LogP contribution in [-0.2, 0) is 0 Å². The Bertz CT molecular complexity index is 1290. The van der Waals surface area contributed by atoms with Crippen molar-refractivity contribution in [1.29, 1.82) is 0 Å². The summed E-state index contributed by atoms with van der Waals surface area (Å²) in [4.78, 5) is 19.9. The van der Waals surface area contributed by atoms with Gasteiger partial charge in [0.2, 0.25) is 0 Å². The zero-order chi connectivity index (χ0) is 17.0. The minimum absolute atomic E-state index is 0.251. The van der Waals surface area contributed by atoms with Crippen LogP contribution in [0.5, 0.6) is 0 Å². The summed E-state index contributed by atoms with van der Waals surface area (Å²) in [6, 6.07) is 9.09. The van der Waals surface area contributed by atoms with Crippen LogP contribution in [0, 0.1) is 6.92 Å². The number of H-pyrrole nitrogens is 1. The quantitative estimate of drug-likeness (QED) is 0.533. The monoisotopic (exact) mass is 333 g/mol. The number of hydrogen-bond donors (Lipinski definition) is 1. The summed E-state index contributed by atoms with van der Waals surface area (Å²) < 4.78 is 11.8. The van der Waals surface area contributed by atoms with Gasteiger partial charge in [0.25, 0.3) is 11.4 Å². The second kappa shape index (κ2) is 4.91. The standard InChI is InChI=1S/C17H11N5O3/c1-9-19-17(25-21-9)12-8-18-22-15(23)7-13(20-16(12)22)10-2-3-14-11(6-10)4-5-24-14/h2-8,20H,1H3. The van der Waals surface area contributed by atoms with Crippen molar-refractivity contribution < 1.29 is 8.94 Å². The average molecular weight is 333 g/mol. The molecule has 0 spiro atoms. The maximum Gasteiger partial charge on any atom is 0.274 e. The van der Waals surface area contributed by atoms with Crippen LogP contribution in [0.4, 0.5) is 0 Å². The zero-order valence-electron chi connectivity index (χ0n) is 13.1. The van der Waals surface area contributed by atoms with E-state index in [0.717, 1.165) is 16.5 Å². The van der Waals surface area contributed by atoms with Gasteiger partial charge in [0.1, 0.15) is 11.1 Å². The average Bonchev–Trinajstić information content (AvgIpc) is 3.32. The Hall–Kier alpha value is -3.68. The smallest absolute Gasteiger partial charge is 0.274 e. The molecule has 4 aromatic heterocycles. The predicted octanol–water partition coefficient (Wildman–Crippen LogP) is 2.79. The van der Waals surface area contributed by atoms with Crippen LogP contribution in [0.3, 0.4) is 0 Å². The molecule has 1 N–H and O–H groups in total. The van der Waals surface area contributed by atoms with Crippen LogP contribution in [0.1, 0.15) is 5.82 Å². The fraction of sp³-hybridized carbons (Fsp3) is 0.0588. The summed E-state index contributed by atoms with van der Waals surface area (Å²) in [6.07, 6.45) is 3.16. The molecule has 0 bridgehead atoms. The third-order valence-electron chi connectivity index (χ3n) is 4.02. The van der Waals surface area contributed by atoms with Gasteiger partial charge in [-0.1, -0.05) is 5.16 Å². The normalized spacial score (nSPS) is 11.6. The lowest BCUT2D eigenvalue weighted by Gasteiger charge is -2.04. The zero-order valence-corrected chi connectivity index (χ0v) is 13.1. The summed E-state index contributed by atoms with van der Waals surface area (Å²) >= 11 is 0. The SMILES string of the molecule is Cc1noc(-c2cnn3c(=O)cc(-c4ccc5occc5c4)[nH]c23)n1. The highest BCUT2D eigenvalue weighted by atomic mass is 16.5. The molecule has 25 heavy (non-hydrogen) atoms. The van der Waals surface area contributed by atoms with Crippen molar-refractivity contribution in [1.82, 2.24) is 24.7 Å². The molecule has 8 nitrogen and oxygen atoms in total. The predicted molar refractivity (Wildman–Crippen MR) is 89.0 cm³/mol. The lowest BCUT2D eigenvalue weighted by Crippen LogP contribution is -2.14. The minimum atomic E-state index is -0.251. The van der Waals surface area contributed by atoms with E-state index in [1.165, 1.54) is 16.8 Å². The molecule has 122 valence electrons. The van der Waals surface area contributed by atoms with E-state index < -0.39 is 0 Å². The fourth-order valence-electron chi connectivity index (χ4n) is 2.84. The number of hydrogen-bond acceptors (Lipinski definition) is 6. The van der Waals surface area contributed by atoms with E-state index in [-0.39, 0.29) is 5.56 Å². The van der Waals surface area contributed by atoms with E-state index in [1.54, 1.807) is 13.2 Å². The largest absolute Gasteiger partial charge is 0.464 e. The van der Waals surface area contributed by atoms with Gasteiger partial charge in [-0.05, 0) is 36.8 Å². The van der Waals surface area contributed by atoms with Crippen molar-refractivity contribution in [2.45, 2.75) is 6.92 Å². The van der Waals surface area contributed by atoms with Crippen LogP contribution >= 0.6 is 0 Å². The molecule has 8 heteroatoms. The highest BCUT2D eigenvalue weighted by molar-refractivity contribution is 5.83. The molecule has 4 heterocycles. The number of nitrogens with one attached hydrogen (secondary N) is 1. The van der Waals surface area contributed by atoms with E-state index in [0.29, 0.717) is 28.6 Å². The molecule has 0 aliphatic carbocycles. The summed E-state index contributed by atoms with van der Waals surface area (Å²) in [5.41, 5.74) is 3.14. The summed E-state index contributed by atoms with van der Waals surface area (Å²) in [7, 11) is 0. The third-order valence-corrected chi connectivity index (χ3v) is 4.02. The number of aromatic nitrogens is 5. The number of nitrogens with zero attached hydrogens (tertiary/aromatic N) is 4. The molecule has 0 fully saturated rings. The molecular weight excluding hydrogens is 322 g/mol. The van der Waals surface area contributed by atoms with Gasteiger partial charge in [-0.2, -0.15) is 14.6 Å². The first kappa shape index (κ1) is 13.7. The maximum atomic E-state index is 12.4. The van der Waals surface area contributed by atoms with Crippen molar-refractivity contribution in [2.75, 3.05) is 0 Å². The second-order valence-electron chi connectivity index (χ2n) is 5.66. The van der Waals surface area contributed by atoms with E-state index in [1.807, 2.05) is 24.3 Å². The topological polar surface area (TPSA) is 102 Å². The Balaban J connectivity index is 1.75. The lowest BCUT2D eigenvalue weighted by atomic mass is 10.1. The Morgan fingerprint density at radius 1 is 1.20 bits per heavy atom. The van der Waals surface area contributed by atoms with Crippen LogP contribution in [-0.4, -0.2) is 24.7 Å². The first-order valence-corrected chi connectivity index (χ1v) is 7.58. The first-order chi connectivity index (χ1) is 12.2. The van der Waals surface area contributed by atoms with Crippen molar-refractivity contribution in [2.24, 2.45) is 0 Å². The molecule has 0 aliphatic rings. The van der Waals surface area contributed by atoms with Crippen molar-refractivity contribution in [3.05, 3.63) is 59.0 Å². The van der Waals surface area contributed by atoms with Crippen molar-refractivity contribution in [3.8, 4) is 22.7 Å². The molecule has 0 saturated carbocycles. The van der Waals surface area contributed by atoms with Gasteiger partial charge in [-0.25, -0.2) is 0 Å². The van der Waals surface area contributed by atoms with E-state index in [9.17, 15) is 4.79 Å². The number of rotatable bonds is 2. The Labute approximate surface area is 139 Å². The van der Waals surface area contributed by atoms with Crippen LogP contribution in [0.25, 0.3) is 39.3 Å². The highest BCUT2D eigenvalue weighted by Gasteiger charge is 2.16. The van der Waals surface area contributed by atoms with Gasteiger partial charge in [-0.15, -0.1) is 0 Å². The van der Waals surface area contributed by atoms with Gasteiger partial charge in [0, 0.05) is 11.5 Å². The van der Waals surface area contributed by atoms with Gasteiger partial charge in [0.15, 0.2) is 11.5 Å². The summed E-state index contributed by atoms with van der Waals surface area (Å²) in [5, 5.41) is 8.85. The second-order valence-corrected chi connectivity index (χ2v) is 5.66. The Morgan fingerprint density at radius 2 is 2.12 bits per heavy atom. The molecule has 0 unspecified atom stereocenters. The van der Waals surface area contributed by atoms with E-state index in [4.69, 9.17) is 8.94 Å². The first-order valence-electron chi connectivity index (χ1n) is 7.58. The molecule has 0 saturated heterocycles. The number of furan rings is 1. The van der Waals surface area contributed by atoms with Gasteiger partial charge >= 0.3 is 0 Å². The lowest BCUT2D eigenvalue weighted by molar-refractivity contribution is 0.426. The molecule has 5 aromatic rings. The Kier molecular flexibility index (Phi) is 2.69. The number of benzene rings is 1. The highest BCUT2D eigenvalue weighted by Crippen LogP contribution is 2.26. The maximum absolute atomic E-state index is 12.4. The number of aryl methyl sites for hydroxylation is 1. The van der Waals surface area contributed by atoms with Gasteiger partial charge < -0.3 is 13.9 Å². The molecule has 0 aliphatic heterocycles. The molecular formula is C17H11N5O3. The molecule has 1 aromatic carbocycles. The fourth-order valence-corrected chi connectivity index (χ4v) is 2.84. The molecule has 0 radical (unpaired) electrons. The van der Waals surface area contributed by atoms with Crippen LogP contribution in [0.15, 0.2) is 56.5 Å². The van der Waals surface area contributed by atoms with Crippen LogP contribution < -0.4 is 5.56 Å². The minimum Gasteiger partial charge on any atom is -0.464 e. The Morgan fingerprint density at radius 3 is 2.96 bits per heavy atom. The van der Waals surface area contributed by atoms with E-state index in [2.05, 4.69) is 20.2 Å². The summed E-state index contributed by atoms with van der Waals surface area (Å²) in [6.45, 7) is 1.73. The van der Waals surface area contributed by atoms with E-state index >= 15 is 0 Å². The number of aromatic amines is 1. The molecule has 0 amide bonds. The van der Waals surface area contributed by atoms with Gasteiger partial charge in [0.05, 0.1) is 18.2 Å². The molecule has 0 atom stereocenters. The van der Waals surface area contributed by atoms with Crippen molar-refractivity contribution in [3.63, 3.8) is 0 Å². The van der Waals surface area contributed by atoms with Crippen molar-refractivity contribution >= 4 is 16.6 Å². The summed E-state index contributed by atoms with van der Waals surface area (Å²) in [5.74, 6) is 0.823. The molecule has 5 rings (SSSR count). The van der Waals surface area contributed by atoms with Crippen LogP contribution in [0.2, 0.25) is 0 Å².